The SMILES string of the molecule is Cn1cncc1C(=O)NCC(Br)c1ccccc1. The average molecular weight is 308 g/mol. The molecular weight excluding hydrogens is 294 g/mol. The summed E-state index contributed by atoms with van der Waals surface area (Å²) in [5.74, 6) is -0.115. The summed E-state index contributed by atoms with van der Waals surface area (Å²) >= 11 is 3.56. The third kappa shape index (κ3) is 2.98. The standard InChI is InChI=1S/C13H14BrN3O/c1-17-9-15-8-12(17)13(18)16-7-11(14)10-5-3-2-4-6-10/h2-6,8-9,11H,7H2,1H3,(H,16,18). The number of imidazole rings is 1. The van der Waals surface area contributed by atoms with E-state index in [0.29, 0.717) is 12.2 Å². The number of alkyl halides is 1. The average Bonchev–Trinajstić information content (AvgIpc) is 2.83. The molecule has 5 heteroatoms. The summed E-state index contributed by atoms with van der Waals surface area (Å²) in [4.78, 5) is 15.9. The highest BCUT2D eigenvalue weighted by atomic mass is 79.9. The molecule has 1 N–H and O–H groups in total. The molecule has 0 aliphatic carbocycles. The Morgan fingerprint density at radius 1 is 1.44 bits per heavy atom. The summed E-state index contributed by atoms with van der Waals surface area (Å²) in [6.45, 7) is 0.536. The van der Waals surface area contributed by atoms with Gasteiger partial charge in [-0.05, 0) is 5.56 Å². The summed E-state index contributed by atoms with van der Waals surface area (Å²) in [7, 11) is 1.80. The third-order valence-electron chi connectivity index (χ3n) is 2.65. The number of hydrogen-bond acceptors (Lipinski definition) is 2. The maximum Gasteiger partial charge on any atom is 0.269 e. The van der Waals surface area contributed by atoms with E-state index in [1.807, 2.05) is 30.3 Å². The molecule has 18 heavy (non-hydrogen) atoms. The van der Waals surface area contributed by atoms with Gasteiger partial charge in [-0.1, -0.05) is 46.3 Å². The van der Waals surface area contributed by atoms with Gasteiger partial charge >= 0.3 is 0 Å². The molecular formula is C13H14BrN3O. The van der Waals surface area contributed by atoms with Gasteiger partial charge in [0.15, 0.2) is 0 Å². The van der Waals surface area contributed by atoms with E-state index in [-0.39, 0.29) is 10.7 Å². The number of hydrogen-bond donors (Lipinski definition) is 1. The number of nitrogens with zero attached hydrogens (tertiary/aromatic N) is 2. The van der Waals surface area contributed by atoms with E-state index in [0.717, 1.165) is 5.56 Å². The molecule has 1 aromatic heterocycles. The van der Waals surface area contributed by atoms with Crippen LogP contribution in [-0.4, -0.2) is 22.0 Å². The molecule has 0 fully saturated rings. The molecule has 0 saturated heterocycles. The van der Waals surface area contributed by atoms with Gasteiger partial charge in [0.25, 0.3) is 5.91 Å². The third-order valence-corrected chi connectivity index (χ3v) is 3.50. The minimum absolute atomic E-state index is 0.107. The van der Waals surface area contributed by atoms with E-state index in [1.165, 1.54) is 0 Å². The van der Waals surface area contributed by atoms with E-state index < -0.39 is 0 Å². The molecule has 0 bridgehead atoms. The summed E-state index contributed by atoms with van der Waals surface area (Å²) in [5, 5.41) is 2.88. The molecule has 0 aliphatic rings. The van der Waals surface area contributed by atoms with E-state index in [1.54, 1.807) is 24.1 Å². The predicted molar refractivity (Wildman–Crippen MR) is 73.7 cm³/mol. The van der Waals surface area contributed by atoms with Gasteiger partial charge in [0, 0.05) is 13.6 Å². The van der Waals surface area contributed by atoms with Crippen LogP contribution in [0.3, 0.4) is 0 Å². The van der Waals surface area contributed by atoms with Crippen molar-refractivity contribution < 1.29 is 4.79 Å². The van der Waals surface area contributed by atoms with Gasteiger partial charge in [0.1, 0.15) is 5.69 Å². The maximum absolute atomic E-state index is 11.9. The summed E-state index contributed by atoms with van der Waals surface area (Å²) in [5.41, 5.74) is 1.70. The van der Waals surface area contributed by atoms with Gasteiger partial charge in [-0.25, -0.2) is 4.98 Å². The van der Waals surface area contributed by atoms with Crippen molar-refractivity contribution in [1.29, 1.82) is 0 Å². The van der Waals surface area contributed by atoms with Crippen LogP contribution in [0.5, 0.6) is 0 Å². The molecule has 2 aromatic rings. The number of rotatable bonds is 4. The highest BCUT2D eigenvalue weighted by Crippen LogP contribution is 2.21. The molecule has 1 atom stereocenters. The minimum atomic E-state index is -0.115. The predicted octanol–water partition coefficient (Wildman–Crippen LogP) is 2.29. The van der Waals surface area contributed by atoms with Gasteiger partial charge in [-0.3, -0.25) is 4.79 Å². The molecule has 1 heterocycles. The van der Waals surface area contributed by atoms with Crippen LogP contribution >= 0.6 is 15.9 Å². The normalized spacial score (nSPS) is 12.1. The molecule has 0 saturated carbocycles. The van der Waals surface area contributed by atoms with Crippen LogP contribution in [-0.2, 0) is 7.05 Å². The second-order valence-corrected chi connectivity index (χ2v) is 5.08. The molecule has 2 rings (SSSR count). The molecule has 4 nitrogen and oxygen atoms in total. The second kappa shape index (κ2) is 5.82. The van der Waals surface area contributed by atoms with Gasteiger partial charge in [-0.2, -0.15) is 0 Å². The number of halogens is 1. The lowest BCUT2D eigenvalue weighted by Crippen LogP contribution is -2.28. The Bertz CT molecular complexity index is 524. The van der Waals surface area contributed by atoms with E-state index in [2.05, 4.69) is 26.2 Å². The van der Waals surface area contributed by atoms with Gasteiger partial charge in [0.2, 0.25) is 0 Å². The lowest BCUT2D eigenvalue weighted by molar-refractivity contribution is 0.0946. The molecule has 94 valence electrons. The van der Waals surface area contributed by atoms with Crippen molar-refractivity contribution in [3.8, 4) is 0 Å². The number of amides is 1. The topological polar surface area (TPSA) is 46.9 Å². The number of aromatic nitrogens is 2. The van der Waals surface area contributed by atoms with Crippen LogP contribution in [0.15, 0.2) is 42.9 Å². The zero-order chi connectivity index (χ0) is 13.0. The fourth-order valence-electron chi connectivity index (χ4n) is 1.63. The Morgan fingerprint density at radius 3 is 2.78 bits per heavy atom. The quantitative estimate of drug-likeness (QED) is 0.881. The van der Waals surface area contributed by atoms with E-state index in [4.69, 9.17) is 0 Å². The Kier molecular flexibility index (Phi) is 4.15. The fraction of sp³-hybridized carbons (Fsp3) is 0.231. The Labute approximate surface area is 114 Å². The Hall–Kier alpha value is -1.62. The molecule has 1 amide bonds. The van der Waals surface area contributed by atoms with Crippen molar-refractivity contribution in [3.05, 3.63) is 54.1 Å². The van der Waals surface area contributed by atoms with Crippen LogP contribution in [0.4, 0.5) is 0 Å². The molecule has 1 aromatic carbocycles. The fourth-order valence-corrected chi connectivity index (χ4v) is 2.10. The largest absolute Gasteiger partial charge is 0.349 e. The van der Waals surface area contributed by atoms with Crippen LogP contribution in [0.25, 0.3) is 0 Å². The minimum Gasteiger partial charge on any atom is -0.349 e. The summed E-state index contributed by atoms with van der Waals surface area (Å²) in [6.07, 6.45) is 3.17. The maximum atomic E-state index is 11.9. The van der Waals surface area contributed by atoms with Crippen LogP contribution in [0.2, 0.25) is 0 Å². The van der Waals surface area contributed by atoms with Crippen molar-refractivity contribution in [2.45, 2.75) is 4.83 Å². The number of aryl methyl sites for hydroxylation is 1. The zero-order valence-electron chi connectivity index (χ0n) is 10.0. The molecule has 0 spiro atoms. The number of carbonyl (C=O) groups is 1. The highest BCUT2D eigenvalue weighted by molar-refractivity contribution is 9.09. The van der Waals surface area contributed by atoms with Gasteiger partial charge in [-0.15, -0.1) is 0 Å². The molecule has 0 aliphatic heterocycles. The van der Waals surface area contributed by atoms with Crippen molar-refractivity contribution in [3.63, 3.8) is 0 Å². The first-order valence-electron chi connectivity index (χ1n) is 5.62. The van der Waals surface area contributed by atoms with Crippen molar-refractivity contribution >= 4 is 21.8 Å². The first-order chi connectivity index (χ1) is 8.68. The van der Waals surface area contributed by atoms with Crippen molar-refractivity contribution in [1.82, 2.24) is 14.9 Å². The Morgan fingerprint density at radius 2 is 2.17 bits per heavy atom. The number of benzene rings is 1. The number of nitrogens with one attached hydrogen (secondary N) is 1. The zero-order valence-corrected chi connectivity index (χ0v) is 11.6. The monoisotopic (exact) mass is 307 g/mol. The van der Waals surface area contributed by atoms with Crippen LogP contribution in [0, 0.1) is 0 Å². The molecule has 0 radical (unpaired) electrons. The highest BCUT2D eigenvalue weighted by Gasteiger charge is 2.12. The van der Waals surface area contributed by atoms with Gasteiger partial charge < -0.3 is 9.88 Å². The lowest BCUT2D eigenvalue weighted by atomic mass is 10.1. The summed E-state index contributed by atoms with van der Waals surface area (Å²) < 4.78 is 1.70. The smallest absolute Gasteiger partial charge is 0.269 e. The van der Waals surface area contributed by atoms with Crippen LogP contribution in [0.1, 0.15) is 20.9 Å². The summed E-state index contributed by atoms with van der Waals surface area (Å²) in [6, 6.07) is 9.97. The first kappa shape index (κ1) is 12.8. The first-order valence-corrected chi connectivity index (χ1v) is 6.53. The van der Waals surface area contributed by atoms with Crippen LogP contribution < -0.4 is 5.32 Å². The Balaban J connectivity index is 1.93. The van der Waals surface area contributed by atoms with E-state index >= 15 is 0 Å². The number of carbonyl (C=O) groups excluding carboxylic acids is 1. The van der Waals surface area contributed by atoms with Crippen molar-refractivity contribution in [2.24, 2.45) is 7.05 Å². The second-order valence-electron chi connectivity index (χ2n) is 3.98. The molecule has 1 unspecified atom stereocenters. The van der Waals surface area contributed by atoms with Crippen molar-refractivity contribution in [2.75, 3.05) is 6.54 Å². The van der Waals surface area contributed by atoms with E-state index in [9.17, 15) is 4.79 Å². The lowest BCUT2D eigenvalue weighted by Gasteiger charge is -2.11. The van der Waals surface area contributed by atoms with Gasteiger partial charge in [0.05, 0.1) is 17.4 Å².